The maximum atomic E-state index is 13.2. The molecule has 0 unspecified atom stereocenters. The molecule has 0 aromatic heterocycles. The molecule has 0 saturated carbocycles. The first-order valence-electron chi connectivity index (χ1n) is 10.2. The van der Waals surface area contributed by atoms with E-state index in [0.717, 1.165) is 11.1 Å². The highest BCUT2D eigenvalue weighted by atomic mass is 32.2. The molecule has 0 bridgehead atoms. The van der Waals surface area contributed by atoms with Gasteiger partial charge in [0.15, 0.2) is 0 Å². The van der Waals surface area contributed by atoms with Crippen LogP contribution in [0.25, 0.3) is 0 Å². The molecule has 3 N–H and O–H groups in total. The van der Waals surface area contributed by atoms with E-state index in [4.69, 9.17) is 5.73 Å². The largest absolute Gasteiger partial charge is 0.369 e. The monoisotopic (exact) mass is 449 g/mol. The van der Waals surface area contributed by atoms with Gasteiger partial charge in [-0.25, -0.2) is 8.42 Å². The third-order valence-electron chi connectivity index (χ3n) is 5.38. The second-order valence-electron chi connectivity index (χ2n) is 7.80. The number of benzene rings is 3. The Balaban J connectivity index is 1.55. The number of hydrogen-bond acceptors (Lipinski definition) is 4. The normalized spacial score (nSPS) is 15.3. The van der Waals surface area contributed by atoms with Crippen molar-refractivity contribution in [1.29, 1.82) is 0 Å². The fraction of sp³-hybridized carbons (Fsp3) is 0.167. The molecule has 8 heteroatoms. The fourth-order valence-corrected chi connectivity index (χ4v) is 5.64. The molecule has 7 nitrogen and oxygen atoms in total. The van der Waals surface area contributed by atoms with Gasteiger partial charge >= 0.3 is 0 Å². The Kier molecular flexibility index (Phi) is 5.71. The lowest BCUT2D eigenvalue weighted by molar-refractivity contribution is -0.117. The van der Waals surface area contributed by atoms with Gasteiger partial charge in [0.1, 0.15) is 0 Å². The van der Waals surface area contributed by atoms with E-state index < -0.39 is 15.9 Å². The fourth-order valence-electron chi connectivity index (χ4n) is 3.93. The van der Waals surface area contributed by atoms with Gasteiger partial charge in [-0.1, -0.05) is 30.3 Å². The quantitative estimate of drug-likeness (QED) is 0.602. The van der Waals surface area contributed by atoms with E-state index >= 15 is 0 Å². The summed E-state index contributed by atoms with van der Waals surface area (Å²) in [7, 11) is -3.70. The number of fused-ring (bicyclic) bond motifs is 1. The summed E-state index contributed by atoms with van der Waals surface area (Å²) in [5, 5.41) is 2.82. The summed E-state index contributed by atoms with van der Waals surface area (Å²) in [6, 6.07) is 20.0. The minimum absolute atomic E-state index is 0.139. The number of amides is 2. The molecule has 1 atom stereocenters. The number of nitrogens with two attached hydrogens (primary N) is 1. The average molecular weight is 450 g/mol. The maximum Gasteiger partial charge on any atom is 0.264 e. The van der Waals surface area contributed by atoms with Crippen LogP contribution in [0.5, 0.6) is 0 Å². The average Bonchev–Trinajstić information content (AvgIpc) is 3.11. The van der Waals surface area contributed by atoms with Crippen molar-refractivity contribution in [1.82, 2.24) is 0 Å². The van der Waals surface area contributed by atoms with E-state index in [-0.39, 0.29) is 23.3 Å². The van der Waals surface area contributed by atoms with Gasteiger partial charge < -0.3 is 11.1 Å². The van der Waals surface area contributed by atoms with Gasteiger partial charge in [-0.15, -0.1) is 0 Å². The third kappa shape index (κ3) is 4.22. The minimum atomic E-state index is -3.70. The summed E-state index contributed by atoms with van der Waals surface area (Å²) in [6.45, 7) is 1.86. The number of hydrogen-bond donors (Lipinski definition) is 2. The van der Waals surface area contributed by atoms with E-state index in [9.17, 15) is 18.0 Å². The van der Waals surface area contributed by atoms with Crippen LogP contribution in [0.2, 0.25) is 0 Å². The summed E-state index contributed by atoms with van der Waals surface area (Å²) < 4.78 is 27.8. The predicted octanol–water partition coefficient (Wildman–Crippen LogP) is 3.11. The highest BCUT2D eigenvalue weighted by Gasteiger charge is 2.36. The molecule has 0 aliphatic carbocycles. The third-order valence-corrected chi connectivity index (χ3v) is 7.33. The predicted molar refractivity (Wildman–Crippen MR) is 123 cm³/mol. The Morgan fingerprint density at radius 2 is 1.72 bits per heavy atom. The van der Waals surface area contributed by atoms with Gasteiger partial charge in [0.25, 0.3) is 15.9 Å². The molecular weight excluding hydrogens is 426 g/mol. The molecule has 32 heavy (non-hydrogen) atoms. The molecule has 3 aromatic rings. The number of sulfonamides is 1. The van der Waals surface area contributed by atoms with Crippen molar-refractivity contribution in [2.24, 2.45) is 5.73 Å². The molecule has 0 spiro atoms. The second-order valence-corrected chi connectivity index (χ2v) is 9.62. The van der Waals surface area contributed by atoms with E-state index in [1.165, 1.54) is 4.31 Å². The van der Waals surface area contributed by atoms with Crippen LogP contribution in [0.4, 0.5) is 11.4 Å². The van der Waals surface area contributed by atoms with Crippen LogP contribution in [-0.2, 0) is 27.7 Å². The zero-order valence-electron chi connectivity index (χ0n) is 17.5. The standard InChI is InChI=1S/C24H23N3O4S/c1-16-13-19-15-18(24(29)26-20-10-7-17(8-11-20)14-23(25)28)9-12-22(19)27(16)32(30,31)21-5-3-2-4-6-21/h2-12,15-16H,13-14H2,1H3,(H2,25,28)(H,26,29)/t16-/m1/s1. The van der Waals surface area contributed by atoms with Crippen molar-refractivity contribution >= 4 is 33.2 Å². The highest BCUT2D eigenvalue weighted by Crippen LogP contribution is 2.37. The first-order valence-corrected chi connectivity index (χ1v) is 11.6. The van der Waals surface area contributed by atoms with Crippen molar-refractivity contribution in [3.8, 4) is 0 Å². The molecule has 1 aliphatic heterocycles. The second kappa shape index (κ2) is 8.47. The molecule has 4 rings (SSSR count). The number of carbonyl (C=O) groups is 2. The lowest BCUT2D eigenvalue weighted by atomic mass is 10.1. The van der Waals surface area contributed by atoms with Gasteiger partial charge in [-0.2, -0.15) is 0 Å². The summed E-state index contributed by atoms with van der Waals surface area (Å²) in [6.07, 6.45) is 0.657. The van der Waals surface area contributed by atoms with Crippen molar-refractivity contribution < 1.29 is 18.0 Å². The Labute approximate surface area is 186 Å². The Morgan fingerprint density at radius 1 is 1.03 bits per heavy atom. The number of nitrogens with one attached hydrogen (secondary N) is 1. The van der Waals surface area contributed by atoms with Gasteiger partial charge in [0.05, 0.1) is 17.0 Å². The van der Waals surface area contributed by atoms with E-state index in [0.29, 0.717) is 23.4 Å². The van der Waals surface area contributed by atoms with Crippen molar-refractivity contribution in [3.63, 3.8) is 0 Å². The molecule has 0 radical (unpaired) electrons. The molecule has 2 amide bonds. The van der Waals surface area contributed by atoms with Gasteiger partial charge in [0, 0.05) is 17.3 Å². The number of rotatable bonds is 6. The Hall–Kier alpha value is -3.65. The molecular formula is C24H23N3O4S. The van der Waals surface area contributed by atoms with Crippen LogP contribution in [0.15, 0.2) is 77.7 Å². The van der Waals surface area contributed by atoms with Crippen LogP contribution in [0.1, 0.15) is 28.4 Å². The molecule has 0 saturated heterocycles. The zero-order chi connectivity index (χ0) is 22.9. The number of anilines is 2. The van der Waals surface area contributed by atoms with E-state index in [2.05, 4.69) is 5.32 Å². The van der Waals surface area contributed by atoms with Crippen LogP contribution in [-0.4, -0.2) is 26.3 Å². The zero-order valence-corrected chi connectivity index (χ0v) is 18.3. The maximum absolute atomic E-state index is 13.2. The van der Waals surface area contributed by atoms with Crippen molar-refractivity contribution in [2.45, 2.75) is 30.7 Å². The highest BCUT2D eigenvalue weighted by molar-refractivity contribution is 7.92. The van der Waals surface area contributed by atoms with Crippen molar-refractivity contribution in [2.75, 3.05) is 9.62 Å². The number of primary amides is 1. The van der Waals surface area contributed by atoms with Gasteiger partial charge in [-0.3, -0.25) is 13.9 Å². The smallest absolute Gasteiger partial charge is 0.264 e. The molecule has 0 fully saturated rings. The summed E-state index contributed by atoms with van der Waals surface area (Å²) in [5.41, 5.74) is 8.39. The van der Waals surface area contributed by atoms with Crippen LogP contribution >= 0.6 is 0 Å². The lowest BCUT2D eigenvalue weighted by Gasteiger charge is -2.24. The van der Waals surface area contributed by atoms with E-state index in [1.54, 1.807) is 72.8 Å². The minimum Gasteiger partial charge on any atom is -0.369 e. The number of nitrogens with zero attached hydrogens (tertiary/aromatic N) is 1. The summed E-state index contributed by atoms with van der Waals surface area (Å²) in [5.74, 6) is -0.718. The van der Waals surface area contributed by atoms with Crippen molar-refractivity contribution in [3.05, 3.63) is 89.5 Å². The Morgan fingerprint density at radius 3 is 2.38 bits per heavy atom. The topological polar surface area (TPSA) is 110 Å². The van der Waals surface area contributed by atoms with Crippen LogP contribution in [0.3, 0.4) is 0 Å². The molecule has 1 aliphatic rings. The van der Waals surface area contributed by atoms with Crippen LogP contribution in [0, 0.1) is 0 Å². The van der Waals surface area contributed by atoms with E-state index in [1.807, 2.05) is 6.92 Å². The van der Waals surface area contributed by atoms with Crippen LogP contribution < -0.4 is 15.4 Å². The Bertz CT molecular complexity index is 1270. The molecule has 164 valence electrons. The first kappa shape index (κ1) is 21.6. The summed E-state index contributed by atoms with van der Waals surface area (Å²) >= 11 is 0. The lowest BCUT2D eigenvalue weighted by Crippen LogP contribution is -2.35. The van der Waals surface area contributed by atoms with Gasteiger partial charge in [0.2, 0.25) is 5.91 Å². The number of carbonyl (C=O) groups excluding carboxylic acids is 2. The van der Waals surface area contributed by atoms with Gasteiger partial charge in [-0.05, 0) is 66.9 Å². The first-order chi connectivity index (χ1) is 15.3. The molecule has 1 heterocycles. The SMILES string of the molecule is C[C@@H]1Cc2cc(C(=O)Nc3ccc(CC(N)=O)cc3)ccc2N1S(=O)(=O)c1ccccc1. The summed E-state index contributed by atoms with van der Waals surface area (Å²) in [4.78, 5) is 24.0. The molecule has 3 aromatic carbocycles.